The Morgan fingerprint density at radius 3 is 2.33 bits per heavy atom. The predicted octanol–water partition coefficient (Wildman–Crippen LogP) is 3.05. The zero-order chi connectivity index (χ0) is 16.2. The Bertz CT molecular complexity index is 374. The Labute approximate surface area is 128 Å². The number of carbonyl (C=O) groups is 2. The average Bonchev–Trinajstić information content (AvgIpc) is 2.59. The minimum absolute atomic E-state index is 0.144. The van der Waals surface area contributed by atoms with Crippen molar-refractivity contribution in [2.24, 2.45) is 11.8 Å². The molecule has 1 atom stereocenters. The van der Waals surface area contributed by atoms with Crippen LogP contribution in [-0.2, 0) is 4.79 Å². The Hall–Kier alpha value is -1.26. The van der Waals surface area contributed by atoms with Gasteiger partial charge in [-0.3, -0.25) is 4.79 Å². The molecule has 21 heavy (non-hydrogen) atoms. The van der Waals surface area contributed by atoms with Crippen molar-refractivity contribution in [1.29, 1.82) is 0 Å². The van der Waals surface area contributed by atoms with Gasteiger partial charge in [-0.05, 0) is 51.9 Å². The van der Waals surface area contributed by atoms with Crippen molar-refractivity contribution in [3.8, 4) is 0 Å². The maximum Gasteiger partial charge on any atom is 0.323 e. The van der Waals surface area contributed by atoms with Gasteiger partial charge in [0, 0.05) is 18.6 Å². The Morgan fingerprint density at radius 1 is 1.24 bits per heavy atom. The second-order valence-corrected chi connectivity index (χ2v) is 7.36. The molecule has 0 aromatic heterocycles. The number of nitrogens with zero attached hydrogens (tertiary/aromatic N) is 2. The fourth-order valence-electron chi connectivity index (χ4n) is 2.88. The van der Waals surface area contributed by atoms with E-state index in [1.165, 1.54) is 4.90 Å². The Kier molecular flexibility index (Phi) is 6.05. The molecule has 5 nitrogen and oxygen atoms in total. The predicted molar refractivity (Wildman–Crippen MR) is 83.2 cm³/mol. The van der Waals surface area contributed by atoms with Crippen molar-refractivity contribution in [2.45, 2.75) is 59.4 Å². The lowest BCUT2D eigenvalue weighted by atomic mass is 9.89. The number of aliphatic carboxylic acids is 1. The van der Waals surface area contributed by atoms with Crippen LogP contribution < -0.4 is 0 Å². The van der Waals surface area contributed by atoms with E-state index in [1.807, 2.05) is 25.7 Å². The summed E-state index contributed by atoms with van der Waals surface area (Å²) in [5, 5.41) is 9.05. The first-order chi connectivity index (χ1) is 9.62. The quantitative estimate of drug-likeness (QED) is 0.871. The number of carbonyl (C=O) groups excluding carboxylic acids is 1. The molecule has 0 spiro atoms. The van der Waals surface area contributed by atoms with E-state index in [0.717, 1.165) is 32.4 Å². The lowest BCUT2D eigenvalue weighted by Crippen LogP contribution is -2.54. The first-order valence-electron chi connectivity index (χ1n) is 7.91. The van der Waals surface area contributed by atoms with Crippen molar-refractivity contribution >= 4 is 12.0 Å². The summed E-state index contributed by atoms with van der Waals surface area (Å²) < 4.78 is 0. The molecule has 0 bridgehead atoms. The van der Waals surface area contributed by atoms with Crippen LogP contribution in [0.4, 0.5) is 4.79 Å². The highest BCUT2D eigenvalue weighted by atomic mass is 16.4. The van der Waals surface area contributed by atoms with E-state index in [1.54, 1.807) is 0 Å². The van der Waals surface area contributed by atoms with Crippen LogP contribution in [0.15, 0.2) is 0 Å². The van der Waals surface area contributed by atoms with E-state index in [4.69, 9.17) is 5.11 Å². The summed E-state index contributed by atoms with van der Waals surface area (Å²) >= 11 is 0. The van der Waals surface area contributed by atoms with Gasteiger partial charge in [0.05, 0.1) is 0 Å². The van der Waals surface area contributed by atoms with Crippen LogP contribution in [-0.4, -0.2) is 52.1 Å². The van der Waals surface area contributed by atoms with Crippen molar-refractivity contribution in [1.82, 2.24) is 9.80 Å². The van der Waals surface area contributed by atoms with Crippen LogP contribution in [0.2, 0.25) is 0 Å². The van der Waals surface area contributed by atoms with Crippen molar-refractivity contribution < 1.29 is 14.7 Å². The highest BCUT2D eigenvalue weighted by molar-refractivity contribution is 5.80. The zero-order valence-electron chi connectivity index (χ0n) is 14.1. The molecule has 0 aliphatic carbocycles. The second kappa shape index (κ2) is 7.14. The Morgan fingerprint density at radius 2 is 1.86 bits per heavy atom. The molecule has 0 aromatic rings. The summed E-state index contributed by atoms with van der Waals surface area (Å²) in [6, 6.07) is -0.144. The SMILES string of the molecule is CC(C)C1CCCN(C(=O)N(CC(=O)O)C(C)(C)C)CC1. The smallest absolute Gasteiger partial charge is 0.323 e. The molecule has 0 aromatic carbocycles. The minimum Gasteiger partial charge on any atom is -0.480 e. The van der Waals surface area contributed by atoms with Gasteiger partial charge in [-0.15, -0.1) is 0 Å². The fraction of sp³-hybridized carbons (Fsp3) is 0.875. The van der Waals surface area contributed by atoms with Gasteiger partial charge in [-0.2, -0.15) is 0 Å². The van der Waals surface area contributed by atoms with Gasteiger partial charge in [0.2, 0.25) is 0 Å². The van der Waals surface area contributed by atoms with Crippen LogP contribution in [0.25, 0.3) is 0 Å². The van der Waals surface area contributed by atoms with Crippen molar-refractivity contribution in [3.63, 3.8) is 0 Å². The maximum atomic E-state index is 12.7. The third-order valence-electron chi connectivity index (χ3n) is 4.32. The highest BCUT2D eigenvalue weighted by Gasteiger charge is 2.32. The van der Waals surface area contributed by atoms with E-state index < -0.39 is 11.5 Å². The number of hydrogen-bond donors (Lipinski definition) is 1. The van der Waals surface area contributed by atoms with E-state index in [2.05, 4.69) is 13.8 Å². The summed E-state index contributed by atoms with van der Waals surface area (Å²) in [7, 11) is 0. The van der Waals surface area contributed by atoms with Gasteiger partial charge >= 0.3 is 12.0 Å². The molecule has 1 aliphatic rings. The summed E-state index contributed by atoms with van der Waals surface area (Å²) in [5.41, 5.74) is -0.487. The molecule has 1 unspecified atom stereocenters. The van der Waals surface area contributed by atoms with Crippen molar-refractivity contribution in [3.05, 3.63) is 0 Å². The van der Waals surface area contributed by atoms with E-state index in [9.17, 15) is 9.59 Å². The first-order valence-corrected chi connectivity index (χ1v) is 7.91. The second-order valence-electron chi connectivity index (χ2n) is 7.36. The topological polar surface area (TPSA) is 60.9 Å². The molecular formula is C16H30N2O3. The number of rotatable bonds is 3. The molecule has 122 valence electrons. The summed E-state index contributed by atoms with van der Waals surface area (Å²) in [6.07, 6.45) is 3.16. The number of likely N-dealkylation sites (tertiary alicyclic amines) is 1. The Balaban J connectivity index is 2.77. The van der Waals surface area contributed by atoms with Gasteiger partial charge in [0.1, 0.15) is 6.54 Å². The maximum absolute atomic E-state index is 12.7. The van der Waals surface area contributed by atoms with E-state index in [0.29, 0.717) is 11.8 Å². The third-order valence-corrected chi connectivity index (χ3v) is 4.32. The zero-order valence-corrected chi connectivity index (χ0v) is 14.1. The molecule has 0 radical (unpaired) electrons. The van der Waals surface area contributed by atoms with Gasteiger partial charge in [-0.1, -0.05) is 13.8 Å². The van der Waals surface area contributed by atoms with E-state index in [-0.39, 0.29) is 12.6 Å². The summed E-state index contributed by atoms with van der Waals surface area (Å²) in [5.74, 6) is 0.330. The molecular weight excluding hydrogens is 268 g/mol. The fourth-order valence-corrected chi connectivity index (χ4v) is 2.88. The lowest BCUT2D eigenvalue weighted by Gasteiger charge is -2.38. The largest absolute Gasteiger partial charge is 0.480 e. The summed E-state index contributed by atoms with van der Waals surface area (Å²) in [4.78, 5) is 27.0. The van der Waals surface area contributed by atoms with Gasteiger partial charge < -0.3 is 14.9 Å². The molecule has 1 aliphatic heterocycles. The molecule has 1 saturated heterocycles. The van der Waals surface area contributed by atoms with Gasteiger partial charge in [0.25, 0.3) is 0 Å². The molecule has 0 saturated carbocycles. The van der Waals surface area contributed by atoms with Gasteiger partial charge in [-0.25, -0.2) is 4.79 Å². The number of amides is 2. The van der Waals surface area contributed by atoms with E-state index >= 15 is 0 Å². The van der Waals surface area contributed by atoms with Crippen LogP contribution >= 0.6 is 0 Å². The third kappa shape index (κ3) is 5.21. The molecule has 5 heteroatoms. The number of urea groups is 1. The average molecular weight is 298 g/mol. The standard InChI is InChI=1S/C16H30N2O3/c1-12(2)13-7-6-9-17(10-8-13)15(21)18(11-14(19)20)16(3,4)5/h12-13H,6-11H2,1-5H3,(H,19,20). The number of hydrogen-bond acceptors (Lipinski definition) is 2. The van der Waals surface area contributed by atoms with Crippen LogP contribution in [0.1, 0.15) is 53.9 Å². The van der Waals surface area contributed by atoms with Gasteiger partial charge in [0.15, 0.2) is 0 Å². The van der Waals surface area contributed by atoms with Crippen LogP contribution in [0.5, 0.6) is 0 Å². The lowest BCUT2D eigenvalue weighted by molar-refractivity contribution is -0.138. The monoisotopic (exact) mass is 298 g/mol. The molecule has 1 heterocycles. The normalized spacial score (nSPS) is 20.3. The molecule has 1 N–H and O–H groups in total. The molecule has 2 amide bonds. The van der Waals surface area contributed by atoms with Crippen LogP contribution in [0.3, 0.4) is 0 Å². The number of carboxylic acids is 1. The number of carboxylic acid groups (broad SMARTS) is 1. The van der Waals surface area contributed by atoms with Crippen LogP contribution in [0, 0.1) is 11.8 Å². The minimum atomic E-state index is -0.965. The molecule has 1 fully saturated rings. The van der Waals surface area contributed by atoms with Crippen molar-refractivity contribution in [2.75, 3.05) is 19.6 Å². The molecule has 1 rings (SSSR count). The first kappa shape index (κ1) is 17.8. The summed E-state index contributed by atoms with van der Waals surface area (Å²) in [6.45, 7) is 11.3. The highest BCUT2D eigenvalue weighted by Crippen LogP contribution is 2.26.